The first kappa shape index (κ1) is 29.6. The Labute approximate surface area is 244 Å². The smallest absolute Gasteiger partial charge is 0.264 e. The van der Waals surface area contributed by atoms with Gasteiger partial charge in [-0.3, -0.25) is 13.9 Å². The van der Waals surface area contributed by atoms with E-state index in [1.807, 2.05) is 24.3 Å². The number of methoxy groups -OCH3 is 1. The van der Waals surface area contributed by atoms with Crippen LogP contribution in [0.3, 0.4) is 0 Å². The van der Waals surface area contributed by atoms with E-state index in [-0.39, 0.29) is 23.4 Å². The zero-order valence-electron chi connectivity index (χ0n) is 22.6. The van der Waals surface area contributed by atoms with Crippen molar-refractivity contribution in [2.75, 3.05) is 18.0 Å². The van der Waals surface area contributed by atoms with Crippen LogP contribution in [0, 0.1) is 0 Å². The number of anilines is 1. The average Bonchev–Trinajstić information content (AvgIpc) is 3.47. The van der Waals surface area contributed by atoms with Gasteiger partial charge in [-0.25, -0.2) is 8.42 Å². The van der Waals surface area contributed by atoms with Crippen molar-refractivity contribution >= 4 is 43.5 Å². The van der Waals surface area contributed by atoms with Gasteiger partial charge < -0.3 is 15.0 Å². The monoisotopic (exact) mass is 627 g/mol. The highest BCUT2D eigenvalue weighted by Gasteiger charge is 2.33. The van der Waals surface area contributed by atoms with Gasteiger partial charge in [-0.15, -0.1) is 0 Å². The largest absolute Gasteiger partial charge is 0.497 e. The number of ether oxygens (including phenoxy) is 1. The molecular weight excluding hydrogens is 594 g/mol. The van der Waals surface area contributed by atoms with Gasteiger partial charge in [0.1, 0.15) is 18.3 Å². The lowest BCUT2D eigenvalue weighted by molar-refractivity contribution is -0.139. The van der Waals surface area contributed by atoms with Gasteiger partial charge in [0.2, 0.25) is 11.8 Å². The molecule has 40 heavy (non-hydrogen) atoms. The van der Waals surface area contributed by atoms with Gasteiger partial charge in [0, 0.05) is 17.1 Å². The number of nitrogens with zero attached hydrogens (tertiary/aromatic N) is 2. The molecule has 1 saturated carbocycles. The van der Waals surface area contributed by atoms with Crippen LogP contribution in [0.15, 0.2) is 88.2 Å². The number of halogens is 1. The maximum absolute atomic E-state index is 14.0. The lowest BCUT2D eigenvalue weighted by Gasteiger charge is -2.32. The summed E-state index contributed by atoms with van der Waals surface area (Å²) in [5.74, 6) is -0.192. The van der Waals surface area contributed by atoms with Crippen molar-refractivity contribution in [1.82, 2.24) is 10.2 Å². The standard InChI is InChI=1S/C30H34BrN3O5S/c1-22(30(36)32-25-11-6-7-12-25)33(20-23-9-8-10-24(31)19-23)29(35)21-34(26-15-17-27(39-2)18-16-26)40(37,38)28-13-4-3-5-14-28/h3-5,8-10,13-19,22,25H,6-7,11-12,20-21H2,1-2H3,(H,32,36)/t22-/m0/s1. The van der Waals surface area contributed by atoms with E-state index in [0.717, 1.165) is 40.0 Å². The fourth-order valence-electron chi connectivity index (χ4n) is 4.80. The van der Waals surface area contributed by atoms with Crippen LogP contribution in [0.2, 0.25) is 0 Å². The topological polar surface area (TPSA) is 96.0 Å². The Kier molecular flexibility index (Phi) is 9.86. The molecule has 1 fully saturated rings. The van der Waals surface area contributed by atoms with Crippen LogP contribution in [0.1, 0.15) is 38.2 Å². The molecule has 3 aromatic carbocycles. The van der Waals surface area contributed by atoms with E-state index in [1.54, 1.807) is 49.4 Å². The van der Waals surface area contributed by atoms with E-state index in [9.17, 15) is 18.0 Å². The summed E-state index contributed by atoms with van der Waals surface area (Å²) in [5, 5.41) is 3.08. The van der Waals surface area contributed by atoms with E-state index < -0.39 is 28.5 Å². The van der Waals surface area contributed by atoms with Crippen molar-refractivity contribution in [1.29, 1.82) is 0 Å². The summed E-state index contributed by atoms with van der Waals surface area (Å²) in [6.45, 7) is 1.33. The van der Waals surface area contributed by atoms with E-state index in [1.165, 1.54) is 24.1 Å². The Bertz CT molecular complexity index is 1410. The number of sulfonamides is 1. The molecule has 0 unspecified atom stereocenters. The normalized spacial score (nSPS) is 14.4. The molecule has 4 rings (SSSR count). The quantitative estimate of drug-likeness (QED) is 0.318. The number of benzene rings is 3. The van der Waals surface area contributed by atoms with Crippen molar-refractivity contribution in [3.8, 4) is 5.75 Å². The SMILES string of the molecule is COc1ccc(N(CC(=O)N(Cc2cccc(Br)c2)[C@@H](C)C(=O)NC2CCCC2)S(=O)(=O)c2ccccc2)cc1. The number of hydrogen-bond acceptors (Lipinski definition) is 5. The third-order valence-electron chi connectivity index (χ3n) is 7.08. The summed E-state index contributed by atoms with van der Waals surface area (Å²) >= 11 is 3.47. The van der Waals surface area contributed by atoms with E-state index in [0.29, 0.717) is 11.4 Å². The summed E-state index contributed by atoms with van der Waals surface area (Å²) in [7, 11) is -2.59. The van der Waals surface area contributed by atoms with Gasteiger partial charge in [0.25, 0.3) is 10.0 Å². The molecule has 1 aliphatic rings. The van der Waals surface area contributed by atoms with Gasteiger partial charge in [-0.2, -0.15) is 0 Å². The van der Waals surface area contributed by atoms with Crippen LogP contribution < -0.4 is 14.4 Å². The highest BCUT2D eigenvalue weighted by Crippen LogP contribution is 2.27. The second-order valence-electron chi connectivity index (χ2n) is 9.84. The van der Waals surface area contributed by atoms with Crippen LogP contribution in [-0.4, -0.2) is 50.9 Å². The summed E-state index contributed by atoms with van der Waals surface area (Å²) < 4.78 is 34.8. The van der Waals surface area contributed by atoms with Crippen LogP contribution in [0.25, 0.3) is 0 Å². The maximum atomic E-state index is 14.0. The molecule has 1 aliphatic carbocycles. The molecule has 0 spiro atoms. The van der Waals surface area contributed by atoms with E-state index in [2.05, 4.69) is 21.2 Å². The number of carbonyl (C=O) groups excluding carboxylic acids is 2. The second kappa shape index (κ2) is 13.3. The minimum atomic E-state index is -4.11. The number of hydrogen-bond donors (Lipinski definition) is 1. The van der Waals surface area contributed by atoms with Gasteiger partial charge >= 0.3 is 0 Å². The molecule has 8 nitrogen and oxygen atoms in total. The lowest BCUT2D eigenvalue weighted by Crippen LogP contribution is -2.52. The molecule has 0 aliphatic heterocycles. The molecule has 1 N–H and O–H groups in total. The molecule has 0 saturated heterocycles. The Balaban J connectivity index is 1.68. The maximum Gasteiger partial charge on any atom is 0.264 e. The van der Waals surface area contributed by atoms with Crippen molar-refractivity contribution in [2.24, 2.45) is 0 Å². The van der Waals surface area contributed by atoms with Gasteiger partial charge in [0.05, 0.1) is 17.7 Å². The fraction of sp³-hybridized carbons (Fsp3) is 0.333. The average molecular weight is 629 g/mol. The molecule has 1 atom stereocenters. The van der Waals surface area contributed by atoms with Gasteiger partial charge in [-0.1, -0.05) is 59.1 Å². The number of rotatable bonds is 11. The molecule has 3 aromatic rings. The molecule has 10 heteroatoms. The third-order valence-corrected chi connectivity index (χ3v) is 9.36. The highest BCUT2D eigenvalue weighted by molar-refractivity contribution is 9.10. The van der Waals surface area contributed by atoms with E-state index >= 15 is 0 Å². The number of amides is 2. The molecule has 2 amide bonds. The van der Waals surface area contributed by atoms with Crippen molar-refractivity contribution in [2.45, 2.75) is 56.1 Å². The summed E-state index contributed by atoms with van der Waals surface area (Å²) in [6, 6.07) is 21.2. The molecule has 0 aromatic heterocycles. The van der Waals surface area contributed by atoms with Crippen LogP contribution in [0.4, 0.5) is 5.69 Å². The predicted octanol–water partition coefficient (Wildman–Crippen LogP) is 5.13. The highest BCUT2D eigenvalue weighted by atomic mass is 79.9. The summed E-state index contributed by atoms with van der Waals surface area (Å²) in [4.78, 5) is 28.8. The zero-order chi connectivity index (χ0) is 28.7. The van der Waals surface area contributed by atoms with Crippen LogP contribution >= 0.6 is 15.9 Å². The van der Waals surface area contributed by atoms with Crippen molar-refractivity contribution in [3.05, 3.63) is 88.9 Å². The summed E-state index contributed by atoms with van der Waals surface area (Å²) in [5.41, 5.74) is 1.12. The minimum absolute atomic E-state index is 0.0594. The first-order chi connectivity index (χ1) is 19.2. The number of nitrogens with one attached hydrogen (secondary N) is 1. The Morgan fingerprint density at radius 3 is 2.30 bits per heavy atom. The minimum Gasteiger partial charge on any atom is -0.497 e. The third kappa shape index (κ3) is 7.22. The van der Waals surface area contributed by atoms with Gasteiger partial charge in [-0.05, 0) is 73.9 Å². The molecule has 0 bridgehead atoms. The van der Waals surface area contributed by atoms with Crippen molar-refractivity contribution < 1.29 is 22.7 Å². The molecule has 0 radical (unpaired) electrons. The zero-order valence-corrected chi connectivity index (χ0v) is 25.0. The van der Waals surface area contributed by atoms with Crippen LogP contribution in [0.5, 0.6) is 5.75 Å². The Morgan fingerprint density at radius 1 is 1.00 bits per heavy atom. The first-order valence-corrected chi connectivity index (χ1v) is 15.5. The number of carbonyl (C=O) groups is 2. The predicted molar refractivity (Wildman–Crippen MR) is 159 cm³/mol. The lowest BCUT2D eigenvalue weighted by atomic mass is 10.1. The van der Waals surface area contributed by atoms with E-state index in [4.69, 9.17) is 4.74 Å². The Hall–Kier alpha value is -3.37. The fourth-order valence-corrected chi connectivity index (χ4v) is 6.69. The molecule has 212 valence electrons. The van der Waals surface area contributed by atoms with Gasteiger partial charge in [0.15, 0.2) is 0 Å². The van der Waals surface area contributed by atoms with Crippen molar-refractivity contribution in [3.63, 3.8) is 0 Å². The molecular formula is C30H34BrN3O5S. The Morgan fingerprint density at radius 2 is 1.68 bits per heavy atom. The van der Waals surface area contributed by atoms with Crippen LogP contribution in [-0.2, 0) is 26.2 Å². The first-order valence-electron chi connectivity index (χ1n) is 13.2. The summed E-state index contributed by atoms with van der Waals surface area (Å²) in [6.07, 6.45) is 3.96. The second-order valence-corrected chi connectivity index (χ2v) is 12.6. The molecule has 0 heterocycles.